The van der Waals surface area contributed by atoms with Gasteiger partial charge in [0.2, 0.25) is 11.7 Å². The number of hydrogen-bond acceptors (Lipinski definition) is 7. The van der Waals surface area contributed by atoms with Crippen LogP contribution < -0.4 is 16.6 Å². The van der Waals surface area contributed by atoms with E-state index in [1.165, 1.54) is 16.4 Å². The number of rotatable bonds is 7. The Balaban J connectivity index is 1.24. The van der Waals surface area contributed by atoms with Crippen LogP contribution in [0.2, 0.25) is 0 Å². The third-order valence-electron chi connectivity index (χ3n) is 5.91. The van der Waals surface area contributed by atoms with Crippen molar-refractivity contribution in [2.24, 2.45) is 0 Å². The van der Waals surface area contributed by atoms with Crippen LogP contribution in [0.3, 0.4) is 0 Å². The summed E-state index contributed by atoms with van der Waals surface area (Å²) in [6, 6.07) is 3.48. The molecule has 168 valence electrons. The van der Waals surface area contributed by atoms with E-state index < -0.39 is 0 Å². The average molecular weight is 457 g/mol. The van der Waals surface area contributed by atoms with Crippen molar-refractivity contribution in [3.05, 3.63) is 50.5 Å². The summed E-state index contributed by atoms with van der Waals surface area (Å²) in [4.78, 5) is 42.5. The minimum atomic E-state index is -0.225. The molecule has 10 nitrogen and oxygen atoms in total. The molecule has 32 heavy (non-hydrogen) atoms. The number of furan rings is 1. The Morgan fingerprint density at radius 3 is 2.81 bits per heavy atom. The summed E-state index contributed by atoms with van der Waals surface area (Å²) in [6.07, 6.45) is 3.64. The van der Waals surface area contributed by atoms with Gasteiger partial charge in [-0.1, -0.05) is 11.8 Å². The minimum absolute atomic E-state index is 0.0853. The van der Waals surface area contributed by atoms with E-state index in [0.717, 1.165) is 18.5 Å². The van der Waals surface area contributed by atoms with Crippen molar-refractivity contribution in [3.8, 4) is 11.6 Å². The molecule has 1 aliphatic carbocycles. The molecular weight excluding hydrogens is 432 g/mol. The van der Waals surface area contributed by atoms with Crippen molar-refractivity contribution >= 4 is 17.7 Å². The fourth-order valence-corrected chi connectivity index (χ4v) is 5.09. The van der Waals surface area contributed by atoms with Crippen LogP contribution >= 0.6 is 11.8 Å². The quantitative estimate of drug-likeness (QED) is 0.538. The maximum atomic E-state index is 12.8. The number of aromatic nitrogens is 5. The summed E-state index contributed by atoms with van der Waals surface area (Å²) >= 11 is 1.49. The van der Waals surface area contributed by atoms with E-state index in [1.807, 2.05) is 6.92 Å². The SMILES string of the molecule is Cc1nc2n(c(=O)c1C)[C@@H](CC(=O)NCCn1nc(-c3ccco3)n(C3CC3)c1=O)CS2. The van der Waals surface area contributed by atoms with Crippen LogP contribution in [0.25, 0.3) is 11.6 Å². The van der Waals surface area contributed by atoms with E-state index in [-0.39, 0.29) is 48.8 Å². The summed E-state index contributed by atoms with van der Waals surface area (Å²) in [5.41, 5.74) is 1.05. The standard InChI is InChI=1S/C21H24N6O4S/c1-12-13(2)23-20-27(19(12)29)15(11-32-20)10-17(28)22-7-8-25-21(30)26(14-5-6-14)18(24-25)16-4-3-9-31-16/h3-4,9,14-15H,5-8,10-11H2,1-2H3,(H,22,28)/t15-/m0/s1. The third-order valence-corrected chi connectivity index (χ3v) is 7.01. The van der Waals surface area contributed by atoms with Gasteiger partial charge in [-0.05, 0) is 38.8 Å². The maximum absolute atomic E-state index is 12.8. The van der Waals surface area contributed by atoms with Crippen molar-refractivity contribution in [2.75, 3.05) is 12.3 Å². The predicted molar refractivity (Wildman–Crippen MR) is 118 cm³/mol. The lowest BCUT2D eigenvalue weighted by Crippen LogP contribution is -2.34. The highest BCUT2D eigenvalue weighted by Gasteiger charge is 2.31. The molecule has 5 rings (SSSR count). The Bertz CT molecular complexity index is 1280. The van der Waals surface area contributed by atoms with Crippen LogP contribution in [0.15, 0.2) is 37.6 Å². The van der Waals surface area contributed by atoms with Crippen LogP contribution in [0.4, 0.5) is 0 Å². The van der Waals surface area contributed by atoms with Gasteiger partial charge in [-0.3, -0.25) is 18.7 Å². The topological polar surface area (TPSA) is 117 Å². The average Bonchev–Trinajstić information content (AvgIpc) is 3.16. The van der Waals surface area contributed by atoms with Crippen LogP contribution in [0.1, 0.15) is 42.6 Å². The lowest BCUT2D eigenvalue weighted by atomic mass is 10.2. The largest absolute Gasteiger partial charge is 0.461 e. The second-order valence-corrected chi connectivity index (χ2v) is 9.19. The maximum Gasteiger partial charge on any atom is 0.346 e. The van der Waals surface area contributed by atoms with Gasteiger partial charge in [-0.15, -0.1) is 5.10 Å². The number of carbonyl (C=O) groups excluding carboxylic acids is 1. The van der Waals surface area contributed by atoms with E-state index in [4.69, 9.17) is 4.42 Å². The molecule has 3 aromatic rings. The van der Waals surface area contributed by atoms with Gasteiger partial charge in [0.15, 0.2) is 10.9 Å². The second kappa shape index (κ2) is 8.12. The number of nitrogens with one attached hydrogen (secondary N) is 1. The van der Waals surface area contributed by atoms with Crippen LogP contribution in [-0.2, 0) is 11.3 Å². The summed E-state index contributed by atoms with van der Waals surface area (Å²) in [7, 11) is 0. The Morgan fingerprint density at radius 1 is 1.28 bits per heavy atom. The monoisotopic (exact) mass is 456 g/mol. The van der Waals surface area contributed by atoms with Gasteiger partial charge in [0.05, 0.1) is 18.8 Å². The van der Waals surface area contributed by atoms with E-state index in [9.17, 15) is 14.4 Å². The first-order valence-corrected chi connectivity index (χ1v) is 11.6. The predicted octanol–water partition coefficient (Wildman–Crippen LogP) is 1.67. The smallest absolute Gasteiger partial charge is 0.346 e. The molecule has 0 aromatic carbocycles. The molecule has 1 amide bonds. The van der Waals surface area contributed by atoms with Crippen LogP contribution in [-0.4, -0.2) is 42.1 Å². The summed E-state index contributed by atoms with van der Waals surface area (Å²) in [6.45, 7) is 4.11. The fourth-order valence-electron chi connectivity index (χ4n) is 3.91. The van der Waals surface area contributed by atoms with Crippen LogP contribution in [0.5, 0.6) is 0 Å². The number of aryl methyl sites for hydroxylation is 1. The van der Waals surface area contributed by atoms with E-state index >= 15 is 0 Å². The molecule has 1 saturated carbocycles. The highest BCUT2D eigenvalue weighted by Crippen LogP contribution is 2.36. The van der Waals surface area contributed by atoms with E-state index in [0.29, 0.717) is 28.1 Å². The lowest BCUT2D eigenvalue weighted by molar-refractivity contribution is -0.121. The molecular formula is C21H24N6O4S. The molecule has 2 aliphatic rings. The molecule has 1 fully saturated rings. The normalized spacial score (nSPS) is 17.5. The third kappa shape index (κ3) is 3.70. The molecule has 0 unspecified atom stereocenters. The van der Waals surface area contributed by atoms with Crippen molar-refractivity contribution in [3.63, 3.8) is 0 Å². The summed E-state index contributed by atoms with van der Waals surface area (Å²) in [5, 5.41) is 7.96. The van der Waals surface area contributed by atoms with Crippen molar-refractivity contribution in [2.45, 2.75) is 56.9 Å². The molecule has 1 atom stereocenters. The van der Waals surface area contributed by atoms with Crippen molar-refractivity contribution in [1.29, 1.82) is 0 Å². The van der Waals surface area contributed by atoms with Gasteiger partial charge in [0.25, 0.3) is 5.56 Å². The second-order valence-electron chi connectivity index (χ2n) is 8.21. The number of fused-ring (bicyclic) bond motifs is 1. The van der Waals surface area contributed by atoms with E-state index in [1.54, 1.807) is 34.5 Å². The number of nitrogens with zero attached hydrogens (tertiary/aromatic N) is 5. The molecule has 0 radical (unpaired) electrons. The Kier molecular flexibility index (Phi) is 5.28. The van der Waals surface area contributed by atoms with Gasteiger partial charge < -0.3 is 9.73 Å². The number of thioether (sulfide) groups is 1. The van der Waals surface area contributed by atoms with E-state index in [2.05, 4.69) is 15.4 Å². The first kappa shape index (κ1) is 20.8. The molecule has 1 N–H and O–H groups in total. The highest BCUT2D eigenvalue weighted by molar-refractivity contribution is 7.99. The fraction of sp³-hybridized carbons (Fsp3) is 0.476. The van der Waals surface area contributed by atoms with Gasteiger partial charge in [0.1, 0.15) is 0 Å². The first-order valence-electron chi connectivity index (χ1n) is 10.7. The molecule has 3 aromatic heterocycles. The molecule has 0 spiro atoms. The van der Waals surface area contributed by atoms with Gasteiger partial charge in [-0.2, -0.15) is 0 Å². The van der Waals surface area contributed by atoms with Gasteiger partial charge >= 0.3 is 5.69 Å². The zero-order valence-electron chi connectivity index (χ0n) is 17.9. The molecule has 0 saturated heterocycles. The van der Waals surface area contributed by atoms with Gasteiger partial charge in [0, 0.05) is 36.0 Å². The lowest BCUT2D eigenvalue weighted by Gasteiger charge is -2.14. The summed E-state index contributed by atoms with van der Waals surface area (Å²) in [5.74, 6) is 1.54. The zero-order chi connectivity index (χ0) is 22.4. The highest BCUT2D eigenvalue weighted by atomic mass is 32.2. The Hall–Kier alpha value is -3.08. The summed E-state index contributed by atoms with van der Waals surface area (Å²) < 4.78 is 10.1. The van der Waals surface area contributed by atoms with Crippen LogP contribution in [0, 0.1) is 13.8 Å². The number of amides is 1. The Labute approximate surface area is 187 Å². The van der Waals surface area contributed by atoms with Crippen molar-refractivity contribution in [1.82, 2.24) is 29.2 Å². The minimum Gasteiger partial charge on any atom is -0.461 e. The number of hydrogen-bond donors (Lipinski definition) is 1. The molecule has 0 bridgehead atoms. The Morgan fingerprint density at radius 2 is 2.09 bits per heavy atom. The molecule has 11 heteroatoms. The number of carbonyl (C=O) groups is 1. The zero-order valence-corrected chi connectivity index (χ0v) is 18.7. The molecule has 4 heterocycles. The first-order chi connectivity index (χ1) is 15.4. The van der Waals surface area contributed by atoms with Gasteiger partial charge in [-0.25, -0.2) is 14.5 Å². The van der Waals surface area contributed by atoms with Crippen molar-refractivity contribution < 1.29 is 9.21 Å². The molecule has 1 aliphatic heterocycles.